The first-order valence-electron chi connectivity index (χ1n) is 8.56. The van der Waals surface area contributed by atoms with E-state index in [9.17, 15) is 35.1 Å². The molecule has 0 fully saturated rings. The van der Waals surface area contributed by atoms with Crippen LogP contribution in [-0.2, 0) is 0 Å². The Bertz CT molecular complexity index is 420. The van der Waals surface area contributed by atoms with Crippen molar-refractivity contribution >= 4 is 12.2 Å². The highest BCUT2D eigenvalue weighted by Crippen LogP contribution is 2.59. The molecular formula is C16H27F8P. The third-order valence-electron chi connectivity index (χ3n) is 4.22. The van der Waals surface area contributed by atoms with Gasteiger partial charge in [-0.05, 0) is 37.7 Å². The fourth-order valence-electron chi connectivity index (χ4n) is 2.93. The highest BCUT2D eigenvalue weighted by atomic mass is 31.2. The van der Waals surface area contributed by atoms with Gasteiger partial charge in [0.25, 0.3) is 0 Å². The monoisotopic (exact) mass is 402 g/mol. The summed E-state index contributed by atoms with van der Waals surface area (Å²) in [5.74, 6) is -5.84. The van der Waals surface area contributed by atoms with Crippen molar-refractivity contribution in [3.05, 3.63) is 0 Å². The van der Waals surface area contributed by atoms with Crippen LogP contribution in [0.15, 0.2) is 0 Å². The second-order valence-corrected chi connectivity index (χ2v) is 10.4. The zero-order valence-corrected chi connectivity index (χ0v) is 15.7. The summed E-state index contributed by atoms with van der Waals surface area (Å²) in [5.41, 5.74) is 0. The van der Waals surface area contributed by atoms with E-state index in [0.29, 0.717) is 19.3 Å². The number of alkyl halides is 8. The Morgan fingerprint density at radius 2 is 0.960 bits per heavy atom. The molecule has 0 saturated heterocycles. The number of rotatable bonds is 10. The second-order valence-electron chi connectivity index (χ2n) is 6.30. The molecule has 0 spiro atoms. The van der Waals surface area contributed by atoms with E-state index in [-0.39, 0.29) is 37.7 Å². The Kier molecular flexibility index (Phi) is 9.51. The van der Waals surface area contributed by atoms with Gasteiger partial charge < -0.3 is 0 Å². The van der Waals surface area contributed by atoms with E-state index in [2.05, 4.69) is 0 Å². The minimum Gasteiger partial charge on any atom is -0.191 e. The van der Waals surface area contributed by atoms with E-state index in [4.69, 9.17) is 0 Å². The van der Waals surface area contributed by atoms with Crippen molar-refractivity contribution in [3.8, 4) is 0 Å². The Balaban J connectivity index is 6.76. The Morgan fingerprint density at radius 1 is 0.640 bits per heavy atom. The molecule has 25 heavy (non-hydrogen) atoms. The van der Waals surface area contributed by atoms with Crippen LogP contribution in [0.5, 0.6) is 0 Å². The Labute approximate surface area is 144 Å². The fourth-order valence-corrected chi connectivity index (χ4v) is 8.30. The number of hydrogen-bond donors (Lipinski definition) is 0. The largest absolute Gasteiger partial charge is 0.458 e. The van der Waals surface area contributed by atoms with Crippen molar-refractivity contribution in [1.29, 1.82) is 0 Å². The van der Waals surface area contributed by atoms with Crippen LogP contribution in [-0.4, -0.2) is 42.1 Å². The zero-order valence-electron chi connectivity index (χ0n) is 14.8. The van der Waals surface area contributed by atoms with Gasteiger partial charge in [0.05, 0.1) is 0 Å². The molecule has 0 unspecified atom stereocenters. The summed E-state index contributed by atoms with van der Waals surface area (Å²) >= 11 is 0. The zero-order chi connectivity index (χ0) is 19.9. The summed E-state index contributed by atoms with van der Waals surface area (Å²) in [6.45, 7) is 1.38. The molecule has 152 valence electrons. The molecule has 0 aliphatic heterocycles. The lowest BCUT2D eigenvalue weighted by Crippen LogP contribution is -2.51. The third kappa shape index (κ3) is 6.44. The van der Waals surface area contributed by atoms with Gasteiger partial charge >= 0.3 is 18.3 Å². The summed E-state index contributed by atoms with van der Waals surface area (Å²) in [4.78, 5) is 0. The molecule has 0 radical (unpaired) electrons. The first-order valence-corrected chi connectivity index (χ1v) is 10.9. The average Bonchev–Trinajstić information content (AvgIpc) is 2.45. The van der Waals surface area contributed by atoms with Crippen LogP contribution in [0.25, 0.3) is 0 Å². The molecule has 0 heterocycles. The van der Waals surface area contributed by atoms with Crippen molar-refractivity contribution < 1.29 is 35.1 Å². The standard InChI is InChI=1S/C16H27F8P/c1-4-7-10-25(11-8-5-2,12-9-6-3)13(15(19,20)21)14(17,18)16(22,23)24/h4-12H2,1-3H3. The van der Waals surface area contributed by atoms with Crippen molar-refractivity contribution in [2.24, 2.45) is 0 Å². The van der Waals surface area contributed by atoms with E-state index in [0.717, 1.165) is 0 Å². The molecule has 0 aliphatic carbocycles. The van der Waals surface area contributed by atoms with E-state index in [1.165, 1.54) is 0 Å². The van der Waals surface area contributed by atoms with E-state index in [1.54, 1.807) is 20.8 Å². The number of unbranched alkanes of at least 4 members (excludes halogenated alkanes) is 3. The number of hydrogen-bond acceptors (Lipinski definition) is 0. The normalized spacial score (nSPS) is 14.0. The van der Waals surface area contributed by atoms with Gasteiger partial charge in [0.15, 0.2) is 0 Å². The lowest BCUT2D eigenvalue weighted by atomic mass is 10.2. The van der Waals surface area contributed by atoms with Gasteiger partial charge in [-0.15, -0.1) is 0 Å². The van der Waals surface area contributed by atoms with Gasteiger partial charge in [-0.1, -0.05) is 46.9 Å². The minimum atomic E-state index is -6.24. The Hall–Kier alpha value is -0.260. The van der Waals surface area contributed by atoms with Crippen molar-refractivity contribution in [2.75, 3.05) is 18.5 Å². The van der Waals surface area contributed by atoms with Crippen LogP contribution in [0, 0.1) is 0 Å². The fraction of sp³-hybridized carbons (Fsp3) is 0.938. The lowest BCUT2D eigenvalue weighted by Gasteiger charge is -2.36. The molecular weight excluding hydrogens is 375 g/mol. The van der Waals surface area contributed by atoms with Gasteiger partial charge in [-0.25, -0.2) is 0 Å². The summed E-state index contributed by atoms with van der Waals surface area (Å²) in [6.07, 6.45) is -10.5. The summed E-state index contributed by atoms with van der Waals surface area (Å²) in [5, 5.41) is -2.49. The average molecular weight is 402 g/mol. The number of halogens is 8. The molecule has 0 atom stereocenters. The van der Waals surface area contributed by atoms with E-state index in [1.807, 2.05) is 0 Å². The maximum absolute atomic E-state index is 14.0. The minimum absolute atomic E-state index is 0.204. The van der Waals surface area contributed by atoms with Crippen LogP contribution in [0.3, 0.4) is 0 Å². The molecule has 0 aromatic carbocycles. The molecule has 0 nitrogen and oxygen atoms in total. The molecule has 0 aromatic heterocycles. The SMILES string of the molecule is CCCCP(CCCC)(CCCC)=C(C(F)(F)F)C(F)(F)C(F)(F)F. The molecule has 0 aliphatic rings. The Morgan fingerprint density at radius 3 is 1.16 bits per heavy atom. The van der Waals surface area contributed by atoms with Crippen LogP contribution in [0.1, 0.15) is 59.3 Å². The first kappa shape index (κ1) is 24.7. The summed E-state index contributed by atoms with van der Waals surface area (Å²) < 4.78 is 107. The van der Waals surface area contributed by atoms with Crippen LogP contribution in [0.4, 0.5) is 35.1 Å². The maximum Gasteiger partial charge on any atom is 0.458 e. The third-order valence-corrected chi connectivity index (χ3v) is 9.22. The van der Waals surface area contributed by atoms with Crippen LogP contribution in [0.2, 0.25) is 0 Å². The smallest absolute Gasteiger partial charge is 0.191 e. The quantitative estimate of drug-likeness (QED) is 0.265. The van der Waals surface area contributed by atoms with Gasteiger partial charge in [0.1, 0.15) is 5.29 Å². The van der Waals surface area contributed by atoms with Crippen LogP contribution < -0.4 is 0 Å². The summed E-state index contributed by atoms with van der Waals surface area (Å²) in [7, 11) is 0. The van der Waals surface area contributed by atoms with Gasteiger partial charge in [-0.2, -0.15) is 35.1 Å². The predicted molar refractivity (Wildman–Crippen MR) is 88.3 cm³/mol. The highest BCUT2D eigenvalue weighted by molar-refractivity contribution is 7.76. The van der Waals surface area contributed by atoms with E-state index >= 15 is 0 Å². The van der Waals surface area contributed by atoms with Gasteiger partial charge in [0.2, 0.25) is 0 Å². The molecule has 0 amide bonds. The first-order chi connectivity index (χ1) is 11.3. The highest BCUT2D eigenvalue weighted by Gasteiger charge is 2.68. The topological polar surface area (TPSA) is 0 Å². The predicted octanol–water partition coefficient (Wildman–Crippen LogP) is 7.34. The maximum atomic E-state index is 14.0. The second kappa shape index (κ2) is 9.61. The summed E-state index contributed by atoms with van der Waals surface area (Å²) in [6, 6.07) is 0. The lowest BCUT2D eigenvalue weighted by molar-refractivity contribution is -0.256. The van der Waals surface area contributed by atoms with Crippen LogP contribution >= 0.6 is 6.89 Å². The molecule has 0 N–H and O–H groups in total. The van der Waals surface area contributed by atoms with E-state index < -0.39 is 30.5 Å². The molecule has 0 bridgehead atoms. The molecule has 0 rings (SSSR count). The molecule has 9 heteroatoms. The van der Waals surface area contributed by atoms with Gasteiger partial charge in [-0.3, -0.25) is 0 Å². The van der Waals surface area contributed by atoms with Gasteiger partial charge in [0, 0.05) is 0 Å². The molecule has 0 aromatic rings. The van der Waals surface area contributed by atoms with Crippen molar-refractivity contribution in [2.45, 2.75) is 77.6 Å². The van der Waals surface area contributed by atoms with Crippen molar-refractivity contribution in [1.82, 2.24) is 0 Å². The molecule has 0 saturated carbocycles. The van der Waals surface area contributed by atoms with Crippen molar-refractivity contribution in [3.63, 3.8) is 0 Å².